The molecular formula is C18H27N5O. The zero-order valence-corrected chi connectivity index (χ0v) is 14.4. The number of nitrogens with one attached hydrogen (secondary N) is 1. The van der Waals surface area contributed by atoms with E-state index < -0.39 is 5.54 Å². The van der Waals surface area contributed by atoms with Crippen molar-refractivity contribution < 1.29 is 4.52 Å². The molecule has 2 fully saturated rings. The summed E-state index contributed by atoms with van der Waals surface area (Å²) < 4.78 is 5.32. The van der Waals surface area contributed by atoms with Crippen LogP contribution in [0.1, 0.15) is 63.1 Å². The number of aromatic nitrogens is 2. The summed E-state index contributed by atoms with van der Waals surface area (Å²) in [7, 11) is 0. The van der Waals surface area contributed by atoms with Crippen molar-refractivity contribution in [2.45, 2.75) is 76.0 Å². The molecule has 3 aliphatic rings. The molecule has 2 aliphatic carbocycles. The van der Waals surface area contributed by atoms with Crippen LogP contribution in [0.4, 0.5) is 0 Å². The topological polar surface area (TPSA) is 89.3 Å². The number of hydrogen-bond acceptors (Lipinski definition) is 6. The summed E-state index contributed by atoms with van der Waals surface area (Å²) in [6.07, 6.45) is 13.9. The Morgan fingerprint density at radius 2 is 1.96 bits per heavy atom. The van der Waals surface area contributed by atoms with Gasteiger partial charge in [0.25, 0.3) is 5.89 Å². The van der Waals surface area contributed by atoms with Crippen molar-refractivity contribution in [1.82, 2.24) is 15.5 Å². The Hall–Kier alpha value is -1.53. The van der Waals surface area contributed by atoms with Gasteiger partial charge in [-0.25, -0.2) is 0 Å². The third kappa shape index (κ3) is 2.93. The van der Waals surface area contributed by atoms with E-state index in [4.69, 9.17) is 15.2 Å². The molecule has 0 bridgehead atoms. The third-order valence-corrected chi connectivity index (χ3v) is 5.83. The monoisotopic (exact) mass is 329 g/mol. The quantitative estimate of drug-likeness (QED) is 0.886. The van der Waals surface area contributed by atoms with Gasteiger partial charge in [-0.05, 0) is 44.6 Å². The number of aryl methyl sites for hydroxylation is 1. The highest BCUT2D eigenvalue weighted by Gasteiger charge is 2.45. The van der Waals surface area contributed by atoms with Gasteiger partial charge < -0.3 is 10.3 Å². The molecule has 1 aromatic heterocycles. The Morgan fingerprint density at radius 1 is 1.17 bits per heavy atom. The highest BCUT2D eigenvalue weighted by molar-refractivity contribution is 6.09. The van der Waals surface area contributed by atoms with Gasteiger partial charge >= 0.3 is 0 Å². The van der Waals surface area contributed by atoms with Crippen molar-refractivity contribution in [2.75, 3.05) is 0 Å². The van der Waals surface area contributed by atoms with Crippen LogP contribution >= 0.6 is 0 Å². The average Bonchev–Trinajstić information content (AvgIpc) is 2.95. The van der Waals surface area contributed by atoms with Crippen molar-refractivity contribution in [3.8, 4) is 0 Å². The maximum absolute atomic E-state index is 6.92. The van der Waals surface area contributed by atoms with Gasteiger partial charge in [-0.15, -0.1) is 0 Å². The molecule has 2 unspecified atom stereocenters. The van der Waals surface area contributed by atoms with Crippen molar-refractivity contribution in [3.63, 3.8) is 0 Å². The predicted octanol–water partition coefficient (Wildman–Crippen LogP) is 2.59. The molecule has 0 spiro atoms. The summed E-state index contributed by atoms with van der Waals surface area (Å²) in [5.74, 6) is 1.62. The molecule has 6 heteroatoms. The second kappa shape index (κ2) is 6.41. The van der Waals surface area contributed by atoms with Gasteiger partial charge in [0.05, 0.1) is 11.1 Å². The molecular weight excluding hydrogens is 302 g/mol. The maximum atomic E-state index is 6.92. The largest absolute Gasteiger partial charge is 0.334 e. The molecule has 6 nitrogen and oxygen atoms in total. The number of dihydropyridines is 1. The zero-order valence-electron chi connectivity index (χ0n) is 14.4. The predicted molar refractivity (Wildman–Crippen MR) is 93.6 cm³/mol. The van der Waals surface area contributed by atoms with E-state index in [2.05, 4.69) is 21.5 Å². The lowest BCUT2D eigenvalue weighted by Crippen LogP contribution is -2.63. The lowest BCUT2D eigenvalue weighted by Gasteiger charge is -2.47. The molecule has 4 rings (SSSR count). The summed E-state index contributed by atoms with van der Waals surface area (Å²) in [5, 5.41) is 7.63. The minimum absolute atomic E-state index is 0.0568. The zero-order chi connectivity index (χ0) is 16.6. The number of aliphatic imine (C=N–C) groups is 1. The highest BCUT2D eigenvalue weighted by atomic mass is 16.5. The van der Waals surface area contributed by atoms with Gasteiger partial charge in [0.2, 0.25) is 0 Å². The van der Waals surface area contributed by atoms with E-state index >= 15 is 0 Å². The number of allylic oxidation sites excluding steroid dienone is 1. The van der Waals surface area contributed by atoms with Crippen molar-refractivity contribution in [1.29, 1.82) is 0 Å². The van der Waals surface area contributed by atoms with Crippen LogP contribution in [-0.2, 0) is 0 Å². The first-order valence-corrected chi connectivity index (χ1v) is 9.27. The molecule has 1 aliphatic heterocycles. The van der Waals surface area contributed by atoms with E-state index in [1.165, 1.54) is 51.4 Å². The van der Waals surface area contributed by atoms with E-state index in [1.54, 1.807) is 0 Å². The van der Waals surface area contributed by atoms with Crippen LogP contribution in [0.2, 0.25) is 0 Å². The normalized spacial score (nSPS) is 31.8. The number of rotatable bonds is 4. The molecule has 2 heterocycles. The third-order valence-electron chi connectivity index (χ3n) is 5.83. The van der Waals surface area contributed by atoms with Crippen LogP contribution in [0, 0.1) is 12.8 Å². The fourth-order valence-corrected chi connectivity index (χ4v) is 4.13. The standard InChI is InChI=1S/C18H27N5O/c1-12-21-16(24-23-12)13-10-18(19,14-6-5-7-14)17(20-11-13)22-15-8-3-2-4-9-15/h10-11,14-15,17,22H,2-9,19H2,1H3. The Labute approximate surface area is 143 Å². The molecule has 2 atom stereocenters. The van der Waals surface area contributed by atoms with Gasteiger partial charge in [0.15, 0.2) is 5.82 Å². The van der Waals surface area contributed by atoms with Crippen LogP contribution in [-0.4, -0.2) is 34.1 Å². The second-order valence-corrected chi connectivity index (χ2v) is 7.56. The summed E-state index contributed by atoms with van der Waals surface area (Å²) in [4.78, 5) is 9.12. The van der Waals surface area contributed by atoms with Gasteiger partial charge in [-0.1, -0.05) is 30.8 Å². The van der Waals surface area contributed by atoms with Gasteiger partial charge in [0, 0.05) is 12.3 Å². The Morgan fingerprint density at radius 3 is 2.58 bits per heavy atom. The van der Waals surface area contributed by atoms with Crippen LogP contribution in [0.15, 0.2) is 15.6 Å². The average molecular weight is 329 g/mol. The smallest absolute Gasteiger partial charge is 0.259 e. The van der Waals surface area contributed by atoms with Crippen molar-refractivity contribution >= 4 is 11.8 Å². The minimum atomic E-state index is -0.470. The summed E-state index contributed by atoms with van der Waals surface area (Å²) in [6, 6.07) is 0.532. The van der Waals surface area contributed by atoms with Crippen LogP contribution in [0.5, 0.6) is 0 Å². The van der Waals surface area contributed by atoms with E-state index in [-0.39, 0.29) is 6.17 Å². The maximum Gasteiger partial charge on any atom is 0.259 e. The molecule has 0 saturated heterocycles. The molecule has 130 valence electrons. The number of nitrogens with zero attached hydrogens (tertiary/aromatic N) is 3. The lowest BCUT2D eigenvalue weighted by molar-refractivity contribution is 0.152. The molecule has 0 amide bonds. The number of nitrogens with two attached hydrogens (primary N) is 1. The van der Waals surface area contributed by atoms with Crippen LogP contribution in [0.3, 0.4) is 0 Å². The first kappa shape index (κ1) is 16.0. The molecule has 0 radical (unpaired) electrons. The van der Waals surface area contributed by atoms with Crippen LogP contribution < -0.4 is 11.1 Å². The molecule has 3 N–H and O–H groups in total. The number of hydrogen-bond donors (Lipinski definition) is 2. The summed E-state index contributed by atoms with van der Waals surface area (Å²) in [5.41, 5.74) is 7.30. The minimum Gasteiger partial charge on any atom is -0.334 e. The first-order valence-electron chi connectivity index (χ1n) is 9.27. The first-order chi connectivity index (χ1) is 11.6. The van der Waals surface area contributed by atoms with E-state index in [9.17, 15) is 0 Å². The van der Waals surface area contributed by atoms with Crippen molar-refractivity contribution in [3.05, 3.63) is 17.8 Å². The molecule has 24 heavy (non-hydrogen) atoms. The molecule has 2 saturated carbocycles. The van der Waals surface area contributed by atoms with E-state index in [0.717, 1.165) is 5.57 Å². The fourth-order valence-electron chi connectivity index (χ4n) is 4.13. The summed E-state index contributed by atoms with van der Waals surface area (Å²) >= 11 is 0. The van der Waals surface area contributed by atoms with Crippen LogP contribution in [0.25, 0.3) is 5.57 Å². The fraction of sp³-hybridized carbons (Fsp3) is 0.722. The summed E-state index contributed by atoms with van der Waals surface area (Å²) in [6.45, 7) is 1.82. The molecule has 1 aromatic rings. The van der Waals surface area contributed by atoms with E-state index in [0.29, 0.717) is 23.7 Å². The van der Waals surface area contributed by atoms with Crippen molar-refractivity contribution in [2.24, 2.45) is 16.6 Å². The molecule has 0 aromatic carbocycles. The van der Waals surface area contributed by atoms with E-state index in [1.807, 2.05) is 13.1 Å². The van der Waals surface area contributed by atoms with Gasteiger partial charge in [-0.2, -0.15) is 4.98 Å². The highest BCUT2D eigenvalue weighted by Crippen LogP contribution is 2.41. The SMILES string of the molecule is Cc1noc(C2=CC(N)(C3CCC3)C(NC3CCCCC3)N=C2)n1. The van der Waals surface area contributed by atoms with Gasteiger partial charge in [-0.3, -0.25) is 10.3 Å². The Balaban J connectivity index is 1.58. The Bertz CT molecular complexity index is 642. The lowest BCUT2D eigenvalue weighted by atomic mass is 9.68. The Kier molecular flexibility index (Phi) is 4.26. The second-order valence-electron chi connectivity index (χ2n) is 7.56. The van der Waals surface area contributed by atoms with Gasteiger partial charge in [0.1, 0.15) is 6.17 Å².